The van der Waals surface area contributed by atoms with Crippen LogP contribution in [-0.4, -0.2) is 33.3 Å². The molecule has 22 heavy (non-hydrogen) atoms. The number of aryl methyl sites for hydroxylation is 2. The number of carbonyl (C=O) groups is 1. The highest BCUT2D eigenvalue weighted by molar-refractivity contribution is 9.10. The number of imidazole rings is 1. The number of carbonyl (C=O) groups excluding carboxylic acids is 1. The van der Waals surface area contributed by atoms with E-state index >= 15 is 0 Å². The van der Waals surface area contributed by atoms with Gasteiger partial charge in [0.1, 0.15) is 11.3 Å². The Morgan fingerprint density at radius 2 is 2.09 bits per heavy atom. The van der Waals surface area contributed by atoms with E-state index in [-0.39, 0.29) is 5.91 Å². The predicted molar refractivity (Wildman–Crippen MR) is 91.3 cm³/mol. The summed E-state index contributed by atoms with van der Waals surface area (Å²) in [4.78, 5) is 19.7. The fraction of sp³-hybridized carbons (Fsp3) is 0.529. The first kappa shape index (κ1) is 15.5. The Balaban J connectivity index is 2.07. The minimum absolute atomic E-state index is 0.119. The van der Waals surface area contributed by atoms with Crippen molar-refractivity contribution >= 4 is 27.5 Å². The van der Waals surface area contributed by atoms with E-state index in [4.69, 9.17) is 4.98 Å². The van der Waals surface area contributed by atoms with Gasteiger partial charge in [0.2, 0.25) is 0 Å². The average molecular weight is 364 g/mol. The van der Waals surface area contributed by atoms with Gasteiger partial charge in [0.15, 0.2) is 0 Å². The molecule has 2 aromatic heterocycles. The molecule has 0 atom stereocenters. The van der Waals surface area contributed by atoms with Crippen molar-refractivity contribution in [1.82, 2.24) is 14.3 Å². The van der Waals surface area contributed by atoms with Gasteiger partial charge >= 0.3 is 0 Å². The summed E-state index contributed by atoms with van der Waals surface area (Å²) in [7, 11) is 0. The SMILES string of the molecule is CCc1nc2c(C)cc(Br)cn2c1C(=O)N1CCC(C)CC1. The molecular weight excluding hydrogens is 342 g/mol. The Labute approximate surface area is 139 Å². The number of rotatable bonds is 2. The van der Waals surface area contributed by atoms with Gasteiger partial charge in [-0.15, -0.1) is 0 Å². The van der Waals surface area contributed by atoms with Crippen LogP contribution in [0, 0.1) is 12.8 Å². The second-order valence-corrected chi connectivity index (χ2v) is 7.19. The lowest BCUT2D eigenvalue weighted by molar-refractivity contribution is 0.0689. The van der Waals surface area contributed by atoms with Gasteiger partial charge in [-0.3, -0.25) is 9.20 Å². The third-order valence-electron chi connectivity index (χ3n) is 4.55. The number of piperidine rings is 1. The minimum atomic E-state index is 0.119. The fourth-order valence-electron chi connectivity index (χ4n) is 3.15. The van der Waals surface area contributed by atoms with Gasteiger partial charge < -0.3 is 4.90 Å². The molecule has 2 aromatic rings. The van der Waals surface area contributed by atoms with E-state index in [1.54, 1.807) is 0 Å². The van der Waals surface area contributed by atoms with Crippen LogP contribution in [0.1, 0.15) is 48.4 Å². The van der Waals surface area contributed by atoms with Gasteiger partial charge in [-0.25, -0.2) is 4.98 Å². The van der Waals surface area contributed by atoms with Crippen LogP contribution < -0.4 is 0 Å². The van der Waals surface area contributed by atoms with Crippen molar-refractivity contribution < 1.29 is 4.79 Å². The van der Waals surface area contributed by atoms with Crippen molar-refractivity contribution in [2.75, 3.05) is 13.1 Å². The molecule has 3 heterocycles. The van der Waals surface area contributed by atoms with E-state index in [1.165, 1.54) is 0 Å². The zero-order valence-electron chi connectivity index (χ0n) is 13.4. The molecule has 1 amide bonds. The molecule has 0 spiro atoms. The van der Waals surface area contributed by atoms with Gasteiger partial charge in [0, 0.05) is 23.8 Å². The molecule has 0 N–H and O–H groups in total. The third kappa shape index (κ3) is 2.67. The molecule has 0 saturated carbocycles. The summed E-state index contributed by atoms with van der Waals surface area (Å²) in [6.07, 6.45) is 4.90. The summed E-state index contributed by atoms with van der Waals surface area (Å²) in [5, 5.41) is 0. The Morgan fingerprint density at radius 1 is 1.41 bits per heavy atom. The summed E-state index contributed by atoms with van der Waals surface area (Å²) >= 11 is 3.53. The van der Waals surface area contributed by atoms with Gasteiger partial charge in [-0.05, 0) is 59.7 Å². The zero-order valence-corrected chi connectivity index (χ0v) is 15.0. The standard InChI is InChI=1S/C17H22BrN3O/c1-4-14-15(17(22)20-7-5-11(2)6-8-20)21-10-13(18)9-12(3)16(21)19-14/h9-11H,4-8H2,1-3H3. The summed E-state index contributed by atoms with van der Waals surface area (Å²) in [6.45, 7) is 8.05. The van der Waals surface area contributed by atoms with Crippen LogP contribution in [-0.2, 0) is 6.42 Å². The minimum Gasteiger partial charge on any atom is -0.337 e. The number of likely N-dealkylation sites (tertiary alicyclic amines) is 1. The smallest absolute Gasteiger partial charge is 0.272 e. The molecule has 0 bridgehead atoms. The molecule has 0 radical (unpaired) electrons. The topological polar surface area (TPSA) is 37.6 Å². The number of nitrogens with zero attached hydrogens (tertiary/aromatic N) is 3. The molecule has 5 heteroatoms. The van der Waals surface area contributed by atoms with Gasteiger partial charge in [0.05, 0.1) is 5.69 Å². The monoisotopic (exact) mass is 363 g/mol. The van der Waals surface area contributed by atoms with Crippen molar-refractivity contribution in [3.05, 3.63) is 33.7 Å². The number of pyridine rings is 1. The first-order chi connectivity index (χ1) is 10.5. The highest BCUT2D eigenvalue weighted by Crippen LogP contribution is 2.24. The molecule has 118 valence electrons. The molecule has 4 nitrogen and oxygen atoms in total. The molecule has 1 saturated heterocycles. The van der Waals surface area contributed by atoms with E-state index in [0.29, 0.717) is 5.92 Å². The van der Waals surface area contributed by atoms with E-state index in [0.717, 1.165) is 59.4 Å². The normalized spacial score (nSPS) is 16.5. The lowest BCUT2D eigenvalue weighted by Gasteiger charge is -2.30. The molecular formula is C17H22BrN3O. The number of fused-ring (bicyclic) bond motifs is 1. The van der Waals surface area contributed by atoms with Crippen LogP contribution in [0.5, 0.6) is 0 Å². The van der Waals surface area contributed by atoms with Crippen molar-refractivity contribution in [1.29, 1.82) is 0 Å². The van der Waals surface area contributed by atoms with Crippen LogP contribution in [0.3, 0.4) is 0 Å². The molecule has 1 aliphatic rings. The fourth-order valence-corrected chi connectivity index (χ4v) is 3.70. The van der Waals surface area contributed by atoms with E-state index < -0.39 is 0 Å². The maximum atomic E-state index is 13.0. The number of amides is 1. The molecule has 0 unspecified atom stereocenters. The van der Waals surface area contributed by atoms with Gasteiger partial charge in [0.25, 0.3) is 5.91 Å². The zero-order chi connectivity index (χ0) is 15.9. The first-order valence-corrected chi connectivity index (χ1v) is 8.77. The van der Waals surface area contributed by atoms with E-state index in [1.807, 2.05) is 28.5 Å². The number of hydrogen-bond acceptors (Lipinski definition) is 2. The van der Waals surface area contributed by atoms with Crippen LogP contribution in [0.25, 0.3) is 5.65 Å². The van der Waals surface area contributed by atoms with Gasteiger partial charge in [-0.2, -0.15) is 0 Å². The van der Waals surface area contributed by atoms with Crippen LogP contribution >= 0.6 is 15.9 Å². The van der Waals surface area contributed by atoms with Crippen molar-refractivity contribution in [3.63, 3.8) is 0 Å². The largest absolute Gasteiger partial charge is 0.337 e. The Morgan fingerprint density at radius 3 is 2.73 bits per heavy atom. The van der Waals surface area contributed by atoms with Crippen LogP contribution in [0.15, 0.2) is 16.7 Å². The molecule has 0 aliphatic carbocycles. The van der Waals surface area contributed by atoms with Crippen molar-refractivity contribution in [2.45, 2.75) is 40.0 Å². The average Bonchev–Trinajstić information content (AvgIpc) is 2.86. The highest BCUT2D eigenvalue weighted by Gasteiger charge is 2.26. The quantitative estimate of drug-likeness (QED) is 0.812. The maximum Gasteiger partial charge on any atom is 0.272 e. The molecule has 0 aromatic carbocycles. The number of aromatic nitrogens is 2. The van der Waals surface area contributed by atoms with Gasteiger partial charge in [-0.1, -0.05) is 13.8 Å². The number of hydrogen-bond donors (Lipinski definition) is 0. The first-order valence-electron chi connectivity index (χ1n) is 7.97. The predicted octanol–water partition coefficient (Wildman–Crippen LogP) is 3.84. The third-order valence-corrected chi connectivity index (χ3v) is 4.98. The molecule has 3 rings (SSSR count). The summed E-state index contributed by atoms with van der Waals surface area (Å²) in [6, 6.07) is 2.04. The van der Waals surface area contributed by atoms with Crippen molar-refractivity contribution in [2.24, 2.45) is 5.92 Å². The Hall–Kier alpha value is -1.36. The second-order valence-electron chi connectivity index (χ2n) is 6.27. The Bertz CT molecular complexity index is 714. The van der Waals surface area contributed by atoms with Crippen LogP contribution in [0.4, 0.5) is 0 Å². The number of halogens is 1. The lowest BCUT2D eigenvalue weighted by Crippen LogP contribution is -2.38. The summed E-state index contributed by atoms with van der Waals surface area (Å²) in [5.41, 5.74) is 3.59. The highest BCUT2D eigenvalue weighted by atomic mass is 79.9. The molecule has 1 fully saturated rings. The van der Waals surface area contributed by atoms with E-state index in [2.05, 4.69) is 29.8 Å². The van der Waals surface area contributed by atoms with E-state index in [9.17, 15) is 4.79 Å². The second kappa shape index (κ2) is 6.03. The molecule has 1 aliphatic heterocycles. The lowest BCUT2D eigenvalue weighted by atomic mass is 9.99. The summed E-state index contributed by atoms with van der Waals surface area (Å²) < 4.78 is 2.93. The maximum absolute atomic E-state index is 13.0. The van der Waals surface area contributed by atoms with Crippen molar-refractivity contribution in [3.8, 4) is 0 Å². The summed E-state index contributed by atoms with van der Waals surface area (Å²) in [5.74, 6) is 0.835. The Kier molecular flexibility index (Phi) is 4.26. The van der Waals surface area contributed by atoms with Crippen LogP contribution in [0.2, 0.25) is 0 Å².